The van der Waals surface area contributed by atoms with E-state index in [0.717, 1.165) is 37.6 Å². The fourth-order valence-electron chi connectivity index (χ4n) is 1.95. The van der Waals surface area contributed by atoms with Gasteiger partial charge >= 0.3 is 0 Å². The first kappa shape index (κ1) is 16.7. The van der Waals surface area contributed by atoms with E-state index in [2.05, 4.69) is 10.2 Å². The van der Waals surface area contributed by atoms with Crippen LogP contribution in [0.3, 0.4) is 0 Å². The van der Waals surface area contributed by atoms with Crippen molar-refractivity contribution in [3.63, 3.8) is 0 Å². The molecule has 0 unspecified atom stereocenters. The average Bonchev–Trinajstić information content (AvgIpc) is 2.80. The van der Waals surface area contributed by atoms with Crippen molar-refractivity contribution < 1.29 is 9.21 Å². The largest absolute Gasteiger partial charge is 0.464 e. The number of furan rings is 1. The van der Waals surface area contributed by atoms with E-state index in [0.29, 0.717) is 13.0 Å². The van der Waals surface area contributed by atoms with Crippen LogP contribution in [0.2, 0.25) is 0 Å². The van der Waals surface area contributed by atoms with Crippen LogP contribution in [0, 0.1) is 6.92 Å². The van der Waals surface area contributed by atoms with Crippen LogP contribution < -0.4 is 5.32 Å². The van der Waals surface area contributed by atoms with Crippen LogP contribution in [0.5, 0.6) is 0 Å². The van der Waals surface area contributed by atoms with Gasteiger partial charge in [-0.1, -0.05) is 0 Å². The summed E-state index contributed by atoms with van der Waals surface area (Å²) in [6, 6.07) is 3.88. The van der Waals surface area contributed by atoms with E-state index in [4.69, 9.17) is 4.42 Å². The van der Waals surface area contributed by atoms with E-state index in [-0.39, 0.29) is 5.91 Å². The van der Waals surface area contributed by atoms with Crippen molar-refractivity contribution in [2.24, 2.45) is 0 Å². The Morgan fingerprint density at radius 2 is 2.05 bits per heavy atom. The van der Waals surface area contributed by atoms with Gasteiger partial charge in [-0.3, -0.25) is 4.79 Å². The summed E-state index contributed by atoms with van der Waals surface area (Å²) >= 11 is 0. The summed E-state index contributed by atoms with van der Waals surface area (Å²) in [5.41, 5.74) is 0. The Labute approximate surface area is 121 Å². The number of aryl methyl sites for hydroxylation is 1. The van der Waals surface area contributed by atoms with Gasteiger partial charge in [0.15, 0.2) is 0 Å². The highest BCUT2D eigenvalue weighted by Crippen LogP contribution is 2.11. The van der Waals surface area contributed by atoms with E-state index in [1.165, 1.54) is 0 Å². The summed E-state index contributed by atoms with van der Waals surface area (Å²) < 4.78 is 5.58. The average molecular weight is 281 g/mol. The highest BCUT2D eigenvalue weighted by Gasteiger charge is 2.15. The molecule has 1 heterocycles. The second-order valence-corrected chi connectivity index (χ2v) is 5.34. The Balaban J connectivity index is 2.56. The van der Waals surface area contributed by atoms with Crippen LogP contribution in [0.1, 0.15) is 24.4 Å². The van der Waals surface area contributed by atoms with E-state index >= 15 is 0 Å². The molecule has 1 rings (SSSR count). The second kappa shape index (κ2) is 8.76. The fraction of sp³-hybridized carbons (Fsp3) is 0.667. The molecule has 0 spiro atoms. The van der Waals surface area contributed by atoms with Gasteiger partial charge < -0.3 is 19.5 Å². The molecular formula is C15H27N3O2. The van der Waals surface area contributed by atoms with Crippen LogP contribution in [0.25, 0.3) is 0 Å². The van der Waals surface area contributed by atoms with Gasteiger partial charge in [0.25, 0.3) is 0 Å². The maximum atomic E-state index is 12.3. The minimum atomic E-state index is 0.191. The number of rotatable bonds is 9. The van der Waals surface area contributed by atoms with Crippen molar-refractivity contribution in [2.75, 3.05) is 40.8 Å². The zero-order chi connectivity index (χ0) is 15.0. The molecule has 114 valence electrons. The topological polar surface area (TPSA) is 48.7 Å². The quantitative estimate of drug-likeness (QED) is 0.697. The number of hydrogen-bond donors (Lipinski definition) is 1. The third-order valence-electron chi connectivity index (χ3n) is 3.13. The Hall–Kier alpha value is -1.33. The van der Waals surface area contributed by atoms with Crippen LogP contribution in [0.4, 0.5) is 0 Å². The van der Waals surface area contributed by atoms with Crippen LogP contribution in [0.15, 0.2) is 16.5 Å². The first-order valence-electron chi connectivity index (χ1n) is 7.15. The molecular weight excluding hydrogens is 254 g/mol. The summed E-state index contributed by atoms with van der Waals surface area (Å²) in [7, 11) is 5.93. The maximum absolute atomic E-state index is 12.3. The van der Waals surface area contributed by atoms with Crippen molar-refractivity contribution in [1.29, 1.82) is 0 Å². The van der Waals surface area contributed by atoms with E-state index in [1.54, 1.807) is 0 Å². The molecule has 0 aromatic carbocycles. The SMILES string of the molecule is CNCCCC(=O)N(CCN(C)C)Cc1ccc(C)o1. The first-order chi connectivity index (χ1) is 9.52. The Morgan fingerprint density at radius 1 is 1.30 bits per heavy atom. The van der Waals surface area contributed by atoms with E-state index in [9.17, 15) is 4.79 Å². The van der Waals surface area contributed by atoms with Crippen molar-refractivity contribution in [2.45, 2.75) is 26.3 Å². The van der Waals surface area contributed by atoms with Crippen LogP contribution in [-0.4, -0.2) is 56.5 Å². The molecule has 0 fully saturated rings. The van der Waals surface area contributed by atoms with Crippen molar-refractivity contribution in [3.05, 3.63) is 23.7 Å². The van der Waals surface area contributed by atoms with Crippen LogP contribution >= 0.6 is 0 Å². The second-order valence-electron chi connectivity index (χ2n) is 5.34. The number of nitrogens with zero attached hydrogens (tertiary/aromatic N) is 2. The smallest absolute Gasteiger partial charge is 0.223 e. The van der Waals surface area contributed by atoms with Gasteiger partial charge in [0, 0.05) is 19.5 Å². The van der Waals surface area contributed by atoms with Gasteiger partial charge in [0.05, 0.1) is 6.54 Å². The summed E-state index contributed by atoms with van der Waals surface area (Å²) in [5, 5.41) is 3.07. The lowest BCUT2D eigenvalue weighted by Gasteiger charge is -2.23. The molecule has 0 saturated carbocycles. The minimum Gasteiger partial charge on any atom is -0.464 e. The number of carbonyl (C=O) groups excluding carboxylic acids is 1. The van der Waals surface area contributed by atoms with Gasteiger partial charge in [0.1, 0.15) is 11.5 Å². The standard InChI is InChI=1S/C15H27N3O2/c1-13-7-8-14(20-13)12-18(11-10-17(3)4)15(19)6-5-9-16-2/h7-8,16H,5-6,9-12H2,1-4H3. The number of nitrogens with one attached hydrogen (secondary N) is 1. The molecule has 1 amide bonds. The van der Waals surface area contributed by atoms with Gasteiger partial charge in [-0.2, -0.15) is 0 Å². The molecule has 0 bridgehead atoms. The van der Waals surface area contributed by atoms with E-state index in [1.807, 2.05) is 45.1 Å². The van der Waals surface area contributed by atoms with Gasteiger partial charge in [-0.25, -0.2) is 0 Å². The molecule has 1 aromatic rings. The molecule has 5 heteroatoms. The van der Waals surface area contributed by atoms with Crippen LogP contribution in [-0.2, 0) is 11.3 Å². The zero-order valence-electron chi connectivity index (χ0n) is 13.1. The van der Waals surface area contributed by atoms with Crippen molar-refractivity contribution in [3.8, 4) is 0 Å². The lowest BCUT2D eigenvalue weighted by molar-refractivity contribution is -0.132. The van der Waals surface area contributed by atoms with Gasteiger partial charge in [-0.05, 0) is 53.2 Å². The highest BCUT2D eigenvalue weighted by atomic mass is 16.3. The monoisotopic (exact) mass is 281 g/mol. The lowest BCUT2D eigenvalue weighted by Crippen LogP contribution is -2.36. The zero-order valence-corrected chi connectivity index (χ0v) is 13.1. The van der Waals surface area contributed by atoms with Gasteiger partial charge in [-0.15, -0.1) is 0 Å². The molecule has 0 aliphatic carbocycles. The first-order valence-corrected chi connectivity index (χ1v) is 7.15. The molecule has 0 saturated heterocycles. The third-order valence-corrected chi connectivity index (χ3v) is 3.13. The van der Waals surface area contributed by atoms with Crippen molar-refractivity contribution >= 4 is 5.91 Å². The predicted octanol–water partition coefficient (Wildman–Crippen LogP) is 1.48. The lowest BCUT2D eigenvalue weighted by atomic mass is 10.2. The molecule has 0 aliphatic rings. The maximum Gasteiger partial charge on any atom is 0.223 e. The summed E-state index contributed by atoms with van der Waals surface area (Å²) in [6.07, 6.45) is 1.44. The molecule has 0 atom stereocenters. The molecule has 1 aromatic heterocycles. The summed E-state index contributed by atoms with van der Waals surface area (Å²) in [6.45, 7) is 4.93. The number of carbonyl (C=O) groups is 1. The summed E-state index contributed by atoms with van der Waals surface area (Å²) in [5.74, 6) is 1.93. The third kappa shape index (κ3) is 6.21. The molecule has 20 heavy (non-hydrogen) atoms. The highest BCUT2D eigenvalue weighted by molar-refractivity contribution is 5.76. The number of amides is 1. The Bertz CT molecular complexity index is 402. The Morgan fingerprint density at radius 3 is 2.60 bits per heavy atom. The normalized spacial score (nSPS) is 11.1. The Kier molecular flexibility index (Phi) is 7.33. The molecule has 5 nitrogen and oxygen atoms in total. The molecule has 0 aliphatic heterocycles. The molecule has 1 N–H and O–H groups in total. The van der Waals surface area contributed by atoms with Gasteiger partial charge in [0.2, 0.25) is 5.91 Å². The minimum absolute atomic E-state index is 0.191. The number of hydrogen-bond acceptors (Lipinski definition) is 4. The molecule has 0 radical (unpaired) electrons. The summed E-state index contributed by atoms with van der Waals surface area (Å²) in [4.78, 5) is 16.2. The number of likely N-dealkylation sites (N-methyl/N-ethyl adjacent to an activating group) is 1. The predicted molar refractivity (Wildman–Crippen MR) is 80.6 cm³/mol. The van der Waals surface area contributed by atoms with Crippen molar-refractivity contribution in [1.82, 2.24) is 15.1 Å². The van der Waals surface area contributed by atoms with E-state index < -0.39 is 0 Å². The fourth-order valence-corrected chi connectivity index (χ4v) is 1.95.